The van der Waals surface area contributed by atoms with Crippen LogP contribution < -0.4 is 11.5 Å². The zero-order valence-electron chi connectivity index (χ0n) is 9.30. The molecule has 0 amide bonds. The zero-order valence-corrected chi connectivity index (χ0v) is 9.30. The van der Waals surface area contributed by atoms with E-state index < -0.39 is 0 Å². The van der Waals surface area contributed by atoms with E-state index in [0.29, 0.717) is 0 Å². The maximum Gasteiger partial charge on any atom is 0.196 e. The summed E-state index contributed by atoms with van der Waals surface area (Å²) in [5, 5.41) is 7.45. The lowest BCUT2D eigenvalue weighted by Gasteiger charge is -1.97. The van der Waals surface area contributed by atoms with Crippen molar-refractivity contribution in [3.05, 3.63) is 48.6 Å². The summed E-state index contributed by atoms with van der Waals surface area (Å²) in [7, 11) is 0. The van der Waals surface area contributed by atoms with Crippen LogP contribution in [-0.2, 0) is 0 Å². The Bertz CT molecular complexity index is 509. The van der Waals surface area contributed by atoms with Gasteiger partial charge in [0.15, 0.2) is 23.3 Å². The molecule has 0 spiro atoms. The van der Waals surface area contributed by atoms with Gasteiger partial charge < -0.3 is 11.5 Å². The van der Waals surface area contributed by atoms with Crippen molar-refractivity contribution in [2.24, 2.45) is 21.7 Å². The third kappa shape index (κ3) is 2.82. The van der Waals surface area contributed by atoms with Gasteiger partial charge in [0, 0.05) is 24.8 Å². The van der Waals surface area contributed by atoms with Crippen LogP contribution in [0.3, 0.4) is 0 Å². The highest BCUT2D eigenvalue weighted by Gasteiger charge is 2.02. The molecule has 90 valence electrons. The monoisotopic (exact) mass is 242 g/mol. The Hall–Kier alpha value is -2.90. The molecule has 0 atom stereocenters. The van der Waals surface area contributed by atoms with Gasteiger partial charge in [0.2, 0.25) is 0 Å². The number of nitrogens with zero attached hydrogens (tertiary/aromatic N) is 6. The smallest absolute Gasteiger partial charge is 0.196 e. The van der Waals surface area contributed by atoms with Gasteiger partial charge in [-0.15, -0.1) is 10.2 Å². The Morgan fingerprint density at radius 1 is 0.722 bits per heavy atom. The molecule has 18 heavy (non-hydrogen) atoms. The van der Waals surface area contributed by atoms with Gasteiger partial charge in [-0.25, -0.2) is 19.9 Å². The number of amidine groups is 2. The number of aromatic nitrogens is 4. The first-order chi connectivity index (χ1) is 8.77. The molecule has 0 fully saturated rings. The molecule has 2 aromatic rings. The third-order valence-corrected chi connectivity index (χ3v) is 1.86. The summed E-state index contributed by atoms with van der Waals surface area (Å²) in [6.07, 6.45) is 6.21. The van der Waals surface area contributed by atoms with Crippen LogP contribution in [0, 0.1) is 0 Å². The summed E-state index contributed by atoms with van der Waals surface area (Å²) in [6.45, 7) is 0. The summed E-state index contributed by atoms with van der Waals surface area (Å²) >= 11 is 0. The maximum atomic E-state index is 5.64. The number of nitrogens with two attached hydrogens (primary N) is 2. The standard InChI is InChI=1S/C10H10N8/c11-7(9-13-3-1-4-14-9)17-18-8(12)10-15-5-2-6-16-10/h1-6H,(H2,11,17)(H2,12,18). The second kappa shape index (κ2) is 5.43. The molecule has 4 N–H and O–H groups in total. The highest BCUT2D eigenvalue weighted by atomic mass is 15.3. The molecular weight excluding hydrogens is 232 g/mol. The van der Waals surface area contributed by atoms with E-state index in [9.17, 15) is 0 Å². The second-order valence-corrected chi connectivity index (χ2v) is 3.12. The Kier molecular flexibility index (Phi) is 3.50. The molecule has 0 saturated carbocycles. The van der Waals surface area contributed by atoms with Crippen LogP contribution in [0.15, 0.2) is 47.1 Å². The predicted octanol–water partition coefficient (Wildman–Crippen LogP) is -0.708. The fraction of sp³-hybridized carbons (Fsp3) is 0. The molecule has 2 aromatic heterocycles. The summed E-state index contributed by atoms with van der Waals surface area (Å²) in [5.74, 6) is 0.690. The molecule has 0 unspecified atom stereocenters. The molecule has 2 heterocycles. The lowest BCUT2D eigenvalue weighted by molar-refractivity contribution is 1.08. The van der Waals surface area contributed by atoms with Crippen LogP contribution >= 0.6 is 0 Å². The molecule has 0 aliphatic carbocycles. The quantitative estimate of drug-likeness (QED) is 0.415. The molecule has 8 heteroatoms. The molecule has 0 aromatic carbocycles. The fourth-order valence-corrected chi connectivity index (χ4v) is 1.06. The van der Waals surface area contributed by atoms with Crippen LogP contribution in [0.4, 0.5) is 0 Å². The van der Waals surface area contributed by atoms with Crippen molar-refractivity contribution in [2.75, 3.05) is 0 Å². The molecular formula is C10H10N8. The van der Waals surface area contributed by atoms with Crippen molar-refractivity contribution in [2.45, 2.75) is 0 Å². The minimum atomic E-state index is 0.0643. The largest absolute Gasteiger partial charge is 0.379 e. The van der Waals surface area contributed by atoms with E-state index in [-0.39, 0.29) is 23.3 Å². The van der Waals surface area contributed by atoms with Crippen molar-refractivity contribution in [3.63, 3.8) is 0 Å². The van der Waals surface area contributed by atoms with Crippen molar-refractivity contribution in [1.82, 2.24) is 19.9 Å². The minimum Gasteiger partial charge on any atom is -0.379 e. The van der Waals surface area contributed by atoms with Gasteiger partial charge in [-0.3, -0.25) is 0 Å². The van der Waals surface area contributed by atoms with Crippen LogP contribution in [0.5, 0.6) is 0 Å². The average Bonchev–Trinajstić information content (AvgIpc) is 2.46. The predicted molar refractivity (Wildman–Crippen MR) is 65.5 cm³/mol. The number of rotatable bonds is 3. The number of hydrogen-bond acceptors (Lipinski definition) is 6. The molecule has 0 saturated heterocycles. The van der Waals surface area contributed by atoms with E-state index in [1.165, 1.54) is 0 Å². The van der Waals surface area contributed by atoms with Gasteiger partial charge in [-0.1, -0.05) is 0 Å². The van der Waals surface area contributed by atoms with E-state index >= 15 is 0 Å². The second-order valence-electron chi connectivity index (χ2n) is 3.12. The van der Waals surface area contributed by atoms with E-state index in [1.807, 2.05) is 0 Å². The van der Waals surface area contributed by atoms with Gasteiger partial charge in [-0.05, 0) is 12.1 Å². The third-order valence-electron chi connectivity index (χ3n) is 1.86. The lowest BCUT2D eigenvalue weighted by Crippen LogP contribution is -2.19. The number of hydrogen-bond donors (Lipinski definition) is 2. The Morgan fingerprint density at radius 3 is 1.39 bits per heavy atom. The summed E-state index contributed by atoms with van der Waals surface area (Å²) in [6, 6.07) is 3.35. The topological polar surface area (TPSA) is 128 Å². The summed E-state index contributed by atoms with van der Waals surface area (Å²) in [4.78, 5) is 15.7. The maximum absolute atomic E-state index is 5.64. The van der Waals surface area contributed by atoms with Gasteiger partial charge in [0.1, 0.15) is 0 Å². The fourth-order valence-electron chi connectivity index (χ4n) is 1.06. The molecule has 0 aliphatic heterocycles. The van der Waals surface area contributed by atoms with Crippen LogP contribution in [-0.4, -0.2) is 31.6 Å². The van der Waals surface area contributed by atoms with Crippen molar-refractivity contribution < 1.29 is 0 Å². The van der Waals surface area contributed by atoms with Crippen LogP contribution in [0.1, 0.15) is 11.6 Å². The minimum absolute atomic E-state index is 0.0643. The normalized spacial score (nSPS) is 12.4. The SMILES string of the molecule is N/C(=N\N=C(/N)c1ncccn1)c1ncccn1. The highest BCUT2D eigenvalue weighted by Crippen LogP contribution is 1.91. The van der Waals surface area contributed by atoms with Crippen LogP contribution in [0.2, 0.25) is 0 Å². The Labute approximate surface area is 103 Å². The van der Waals surface area contributed by atoms with Gasteiger partial charge in [0.05, 0.1) is 0 Å². The average molecular weight is 242 g/mol. The van der Waals surface area contributed by atoms with E-state index in [0.717, 1.165) is 0 Å². The first-order valence-electron chi connectivity index (χ1n) is 4.99. The van der Waals surface area contributed by atoms with Gasteiger partial charge in [0.25, 0.3) is 0 Å². The molecule has 2 rings (SSSR count). The molecule has 8 nitrogen and oxygen atoms in total. The van der Waals surface area contributed by atoms with E-state index in [1.54, 1.807) is 36.9 Å². The van der Waals surface area contributed by atoms with Gasteiger partial charge >= 0.3 is 0 Å². The summed E-state index contributed by atoms with van der Waals surface area (Å²) in [5.41, 5.74) is 11.3. The van der Waals surface area contributed by atoms with Crippen molar-refractivity contribution >= 4 is 11.7 Å². The Balaban J connectivity index is 2.20. The van der Waals surface area contributed by atoms with Crippen molar-refractivity contribution in [1.29, 1.82) is 0 Å². The Morgan fingerprint density at radius 2 is 1.06 bits per heavy atom. The highest BCUT2D eigenvalue weighted by molar-refractivity contribution is 5.97. The van der Waals surface area contributed by atoms with Crippen molar-refractivity contribution in [3.8, 4) is 0 Å². The van der Waals surface area contributed by atoms with Gasteiger partial charge in [-0.2, -0.15) is 0 Å². The lowest BCUT2D eigenvalue weighted by atomic mass is 10.5. The van der Waals surface area contributed by atoms with Crippen LogP contribution in [0.25, 0.3) is 0 Å². The zero-order chi connectivity index (χ0) is 12.8. The first kappa shape index (κ1) is 11.6. The molecule has 0 bridgehead atoms. The molecule has 0 radical (unpaired) electrons. The summed E-state index contributed by atoms with van der Waals surface area (Å²) < 4.78 is 0. The van der Waals surface area contributed by atoms with E-state index in [2.05, 4.69) is 30.1 Å². The first-order valence-corrected chi connectivity index (χ1v) is 4.99. The molecule has 0 aliphatic rings. The van der Waals surface area contributed by atoms with E-state index in [4.69, 9.17) is 11.5 Å².